The third kappa shape index (κ3) is 3.81. The van der Waals surface area contributed by atoms with Crippen LogP contribution < -0.4 is 5.32 Å². The van der Waals surface area contributed by atoms with Gasteiger partial charge < -0.3 is 5.32 Å². The third-order valence-electron chi connectivity index (χ3n) is 3.15. The Labute approximate surface area is 130 Å². The molecule has 2 nitrogen and oxygen atoms in total. The molecule has 0 bridgehead atoms. The first-order chi connectivity index (χ1) is 9.40. The summed E-state index contributed by atoms with van der Waals surface area (Å²) in [6.07, 6.45) is 0.870. The van der Waals surface area contributed by atoms with Gasteiger partial charge in [0.25, 0.3) is 0 Å². The van der Waals surface area contributed by atoms with Crippen LogP contribution in [0.15, 0.2) is 23.6 Å². The Morgan fingerprint density at radius 3 is 2.65 bits per heavy atom. The zero-order chi connectivity index (χ0) is 14.8. The van der Waals surface area contributed by atoms with Crippen molar-refractivity contribution in [3.05, 3.63) is 50.4 Å². The number of benzene rings is 1. The van der Waals surface area contributed by atoms with E-state index in [1.165, 1.54) is 11.3 Å². The molecular weight excluding hydrogens is 288 g/mol. The largest absolute Gasteiger partial charge is 0.316 e. The van der Waals surface area contributed by atoms with E-state index in [1.54, 1.807) is 11.3 Å². The van der Waals surface area contributed by atoms with E-state index in [0.29, 0.717) is 0 Å². The third-order valence-corrected chi connectivity index (χ3v) is 4.37. The van der Waals surface area contributed by atoms with Crippen LogP contribution in [0.4, 0.5) is 0 Å². The summed E-state index contributed by atoms with van der Waals surface area (Å²) >= 11 is 7.92. The molecule has 20 heavy (non-hydrogen) atoms. The molecular formula is C16H21ClN2S. The van der Waals surface area contributed by atoms with Crippen molar-refractivity contribution in [3.63, 3.8) is 0 Å². The van der Waals surface area contributed by atoms with Gasteiger partial charge in [0, 0.05) is 28.8 Å². The van der Waals surface area contributed by atoms with Crippen LogP contribution in [-0.4, -0.2) is 12.0 Å². The molecule has 4 heteroatoms. The molecule has 2 aromatic rings. The van der Waals surface area contributed by atoms with Gasteiger partial charge in [-0.3, -0.25) is 0 Å². The summed E-state index contributed by atoms with van der Waals surface area (Å²) in [6.45, 7) is 7.37. The number of nitrogens with one attached hydrogen (secondary N) is 1. The minimum Gasteiger partial charge on any atom is -0.316 e. The van der Waals surface area contributed by atoms with Crippen molar-refractivity contribution < 1.29 is 0 Å². The van der Waals surface area contributed by atoms with Crippen molar-refractivity contribution in [2.45, 2.75) is 39.2 Å². The summed E-state index contributed by atoms with van der Waals surface area (Å²) in [5, 5.41) is 7.29. The van der Waals surface area contributed by atoms with Crippen LogP contribution in [0.5, 0.6) is 0 Å². The minimum atomic E-state index is 0.117. The molecule has 1 heterocycles. The normalized spacial score (nSPS) is 11.8. The second-order valence-corrected chi connectivity index (χ2v) is 7.36. The fraction of sp³-hybridized carbons (Fsp3) is 0.438. The molecule has 0 unspecified atom stereocenters. The summed E-state index contributed by atoms with van der Waals surface area (Å²) in [4.78, 5) is 4.74. The van der Waals surface area contributed by atoms with Crippen LogP contribution in [0.3, 0.4) is 0 Å². The molecule has 1 aromatic heterocycles. The van der Waals surface area contributed by atoms with Crippen LogP contribution in [0.25, 0.3) is 0 Å². The first kappa shape index (κ1) is 15.5. The fourth-order valence-electron chi connectivity index (χ4n) is 1.98. The number of rotatable bonds is 4. The number of thiazole rings is 1. The predicted octanol–water partition coefficient (Wildman–Crippen LogP) is 4.40. The van der Waals surface area contributed by atoms with Crippen LogP contribution in [-0.2, 0) is 18.4 Å². The Balaban J connectivity index is 2.18. The molecule has 0 radical (unpaired) electrons. The molecule has 0 atom stereocenters. The highest BCUT2D eigenvalue weighted by molar-refractivity contribution is 7.09. The molecule has 0 saturated carbocycles. The lowest BCUT2D eigenvalue weighted by Gasteiger charge is -2.14. The molecule has 0 spiro atoms. The van der Waals surface area contributed by atoms with E-state index in [9.17, 15) is 0 Å². The van der Waals surface area contributed by atoms with Gasteiger partial charge >= 0.3 is 0 Å². The van der Waals surface area contributed by atoms with Gasteiger partial charge in [-0.15, -0.1) is 11.3 Å². The van der Waals surface area contributed by atoms with Crippen molar-refractivity contribution >= 4 is 22.9 Å². The van der Waals surface area contributed by atoms with E-state index in [-0.39, 0.29) is 5.41 Å². The van der Waals surface area contributed by atoms with Gasteiger partial charge in [0.15, 0.2) is 0 Å². The summed E-state index contributed by atoms with van der Waals surface area (Å²) in [5.41, 5.74) is 3.68. The molecule has 0 saturated heterocycles. The molecule has 0 fully saturated rings. The molecule has 0 aliphatic rings. The van der Waals surface area contributed by atoms with Gasteiger partial charge in [0.05, 0.1) is 10.7 Å². The van der Waals surface area contributed by atoms with Crippen molar-refractivity contribution in [3.8, 4) is 0 Å². The maximum atomic E-state index is 6.19. The van der Waals surface area contributed by atoms with Crippen LogP contribution in [0.1, 0.15) is 42.6 Å². The van der Waals surface area contributed by atoms with Crippen LogP contribution in [0.2, 0.25) is 5.02 Å². The summed E-state index contributed by atoms with van der Waals surface area (Å²) in [6, 6.07) is 6.22. The molecule has 1 N–H and O–H groups in total. The molecule has 108 valence electrons. The number of hydrogen-bond acceptors (Lipinski definition) is 3. The van der Waals surface area contributed by atoms with Gasteiger partial charge in [-0.05, 0) is 24.2 Å². The van der Waals surface area contributed by atoms with Crippen LogP contribution in [0, 0.1) is 0 Å². The van der Waals surface area contributed by atoms with E-state index >= 15 is 0 Å². The summed E-state index contributed by atoms with van der Waals surface area (Å²) in [5.74, 6) is 0. The monoisotopic (exact) mass is 308 g/mol. The van der Waals surface area contributed by atoms with E-state index in [2.05, 4.69) is 43.6 Å². The lowest BCUT2D eigenvalue weighted by Crippen LogP contribution is -2.11. The average molecular weight is 309 g/mol. The second-order valence-electron chi connectivity index (χ2n) is 6.01. The first-order valence-electron chi connectivity index (χ1n) is 6.77. The second kappa shape index (κ2) is 6.25. The SMILES string of the molecule is CNCc1cc(Cc2nc(C(C)(C)C)cs2)ccc1Cl. The summed E-state index contributed by atoms with van der Waals surface area (Å²) in [7, 11) is 1.93. The van der Waals surface area contributed by atoms with E-state index in [4.69, 9.17) is 16.6 Å². The maximum absolute atomic E-state index is 6.19. The number of halogens is 1. The summed E-state index contributed by atoms with van der Waals surface area (Å²) < 4.78 is 0. The van der Waals surface area contributed by atoms with E-state index < -0.39 is 0 Å². The highest BCUT2D eigenvalue weighted by Crippen LogP contribution is 2.26. The minimum absolute atomic E-state index is 0.117. The van der Waals surface area contributed by atoms with Gasteiger partial charge in [-0.1, -0.05) is 44.5 Å². The Morgan fingerprint density at radius 1 is 1.30 bits per heavy atom. The van der Waals surface area contributed by atoms with Crippen molar-refractivity contribution in [2.24, 2.45) is 0 Å². The lowest BCUT2D eigenvalue weighted by molar-refractivity contribution is 0.571. The van der Waals surface area contributed by atoms with E-state index in [0.717, 1.165) is 28.6 Å². The Kier molecular flexibility index (Phi) is 4.84. The molecule has 1 aromatic carbocycles. The first-order valence-corrected chi connectivity index (χ1v) is 8.02. The Bertz CT molecular complexity index is 584. The van der Waals surface area contributed by atoms with Crippen molar-refractivity contribution in [1.29, 1.82) is 0 Å². The van der Waals surface area contributed by atoms with Gasteiger partial charge in [-0.25, -0.2) is 4.98 Å². The zero-order valence-electron chi connectivity index (χ0n) is 12.5. The van der Waals surface area contributed by atoms with Crippen molar-refractivity contribution in [1.82, 2.24) is 10.3 Å². The molecule has 0 amide bonds. The smallest absolute Gasteiger partial charge is 0.0972 e. The average Bonchev–Trinajstić information content (AvgIpc) is 2.82. The number of aromatic nitrogens is 1. The molecule has 0 aliphatic carbocycles. The standard InChI is InChI=1S/C16H21ClN2S/c1-16(2,3)14-10-20-15(19-14)8-11-5-6-13(17)12(7-11)9-18-4/h5-7,10,18H,8-9H2,1-4H3. The van der Waals surface area contributed by atoms with Crippen molar-refractivity contribution in [2.75, 3.05) is 7.05 Å². The van der Waals surface area contributed by atoms with E-state index in [1.807, 2.05) is 13.1 Å². The van der Waals surface area contributed by atoms with Gasteiger partial charge in [-0.2, -0.15) is 0 Å². The van der Waals surface area contributed by atoms with Crippen LogP contribution >= 0.6 is 22.9 Å². The van der Waals surface area contributed by atoms with Gasteiger partial charge in [0.1, 0.15) is 0 Å². The van der Waals surface area contributed by atoms with Gasteiger partial charge in [0.2, 0.25) is 0 Å². The predicted molar refractivity (Wildman–Crippen MR) is 87.8 cm³/mol. The fourth-order valence-corrected chi connectivity index (χ4v) is 3.21. The number of nitrogens with zero attached hydrogens (tertiary/aromatic N) is 1. The Morgan fingerprint density at radius 2 is 2.05 bits per heavy atom. The number of hydrogen-bond donors (Lipinski definition) is 1. The lowest BCUT2D eigenvalue weighted by atomic mass is 9.93. The molecule has 0 aliphatic heterocycles. The quantitative estimate of drug-likeness (QED) is 0.905. The molecule has 2 rings (SSSR count). The highest BCUT2D eigenvalue weighted by atomic mass is 35.5. The highest BCUT2D eigenvalue weighted by Gasteiger charge is 2.17. The zero-order valence-corrected chi connectivity index (χ0v) is 14.0. The topological polar surface area (TPSA) is 24.9 Å². The Hall–Kier alpha value is -0.900. The maximum Gasteiger partial charge on any atom is 0.0972 e.